The first-order valence-corrected chi connectivity index (χ1v) is 9.27. The quantitative estimate of drug-likeness (QED) is 0.763. The number of esters is 1. The molecule has 0 unspecified atom stereocenters. The van der Waals surface area contributed by atoms with Gasteiger partial charge < -0.3 is 19.4 Å². The number of thioether (sulfide) groups is 1. The van der Waals surface area contributed by atoms with E-state index in [9.17, 15) is 23.2 Å². The van der Waals surface area contributed by atoms with Gasteiger partial charge in [0.1, 0.15) is 28.8 Å². The third-order valence-electron chi connectivity index (χ3n) is 3.97. The van der Waals surface area contributed by atoms with Crippen molar-refractivity contribution in [3.63, 3.8) is 0 Å². The molecule has 0 saturated carbocycles. The summed E-state index contributed by atoms with van der Waals surface area (Å²) < 4.78 is 37.0. The molecule has 1 aromatic heterocycles. The van der Waals surface area contributed by atoms with E-state index in [1.165, 1.54) is 29.8 Å². The summed E-state index contributed by atoms with van der Waals surface area (Å²) in [5.74, 6) is -2.71. The van der Waals surface area contributed by atoms with E-state index in [1.54, 1.807) is 12.1 Å². The number of benzene rings is 1. The van der Waals surface area contributed by atoms with Gasteiger partial charge in [-0.3, -0.25) is 9.59 Å². The monoisotopic (exact) mass is 410 g/mol. The first kappa shape index (κ1) is 19.9. The lowest BCUT2D eigenvalue weighted by Gasteiger charge is -2.25. The number of nitrogens with one attached hydrogen (secondary N) is 1. The Morgan fingerprint density at radius 3 is 2.79 bits per heavy atom. The molecule has 1 fully saturated rings. The minimum atomic E-state index is -0.892. The number of nitrogens with zero attached hydrogens (tertiary/aromatic N) is 1. The van der Waals surface area contributed by atoms with Crippen molar-refractivity contribution < 1.29 is 32.3 Å². The zero-order chi connectivity index (χ0) is 20.3. The second-order valence-corrected chi connectivity index (χ2v) is 7.04. The number of furan rings is 1. The van der Waals surface area contributed by atoms with Crippen LogP contribution in [0.5, 0.6) is 0 Å². The van der Waals surface area contributed by atoms with Crippen molar-refractivity contribution in [2.24, 2.45) is 0 Å². The SMILES string of the molecule is CC(=O)N1[C@@H](C(=O)OCC(=O)Nc2cc(F)ccc2F)CS[C@H]1c1ccco1. The molecule has 0 bridgehead atoms. The molecule has 1 saturated heterocycles. The standard InChI is InChI=1S/C18H16F2N2O5S/c1-10(23)22-14(9-28-17(22)15-3-2-6-26-15)18(25)27-8-16(24)21-13-7-11(19)4-5-12(13)20/h2-7,14,17H,8-9H2,1H3,(H,21,24)/t14-,17+/m1/s1. The maximum Gasteiger partial charge on any atom is 0.330 e. The van der Waals surface area contributed by atoms with Crippen LogP contribution in [0, 0.1) is 11.6 Å². The van der Waals surface area contributed by atoms with E-state index in [0.717, 1.165) is 18.2 Å². The molecular formula is C18H16F2N2O5S. The van der Waals surface area contributed by atoms with E-state index in [-0.39, 0.29) is 17.3 Å². The van der Waals surface area contributed by atoms with Gasteiger partial charge in [0.15, 0.2) is 6.61 Å². The lowest BCUT2D eigenvalue weighted by atomic mass is 10.2. The average Bonchev–Trinajstić information content (AvgIpc) is 3.31. The molecule has 2 aromatic rings. The molecule has 3 rings (SSSR count). The van der Waals surface area contributed by atoms with Crippen LogP contribution in [0.15, 0.2) is 41.0 Å². The minimum Gasteiger partial charge on any atom is -0.466 e. The Hall–Kier alpha value is -2.88. The third-order valence-corrected chi connectivity index (χ3v) is 5.25. The molecule has 7 nitrogen and oxygen atoms in total. The zero-order valence-corrected chi connectivity index (χ0v) is 15.5. The van der Waals surface area contributed by atoms with Crippen molar-refractivity contribution >= 4 is 35.2 Å². The van der Waals surface area contributed by atoms with Crippen LogP contribution in [0.4, 0.5) is 14.5 Å². The van der Waals surface area contributed by atoms with Crippen molar-refractivity contribution in [2.75, 3.05) is 17.7 Å². The van der Waals surface area contributed by atoms with E-state index < -0.39 is 41.5 Å². The number of anilines is 1. The molecule has 0 radical (unpaired) electrons. The zero-order valence-electron chi connectivity index (χ0n) is 14.7. The summed E-state index contributed by atoms with van der Waals surface area (Å²) in [4.78, 5) is 37.6. The molecule has 10 heteroatoms. The summed E-state index contributed by atoms with van der Waals surface area (Å²) in [7, 11) is 0. The first-order valence-electron chi connectivity index (χ1n) is 8.22. The van der Waals surface area contributed by atoms with Gasteiger partial charge in [0.2, 0.25) is 5.91 Å². The molecule has 2 atom stereocenters. The lowest BCUT2D eigenvalue weighted by Crippen LogP contribution is -2.43. The van der Waals surface area contributed by atoms with Crippen LogP contribution < -0.4 is 5.32 Å². The summed E-state index contributed by atoms with van der Waals surface area (Å²) in [5, 5.41) is 1.66. The molecule has 2 heterocycles. The van der Waals surface area contributed by atoms with E-state index in [4.69, 9.17) is 9.15 Å². The predicted molar refractivity (Wildman–Crippen MR) is 96.2 cm³/mol. The minimum absolute atomic E-state index is 0.268. The third kappa shape index (κ3) is 4.33. The summed E-state index contributed by atoms with van der Waals surface area (Å²) >= 11 is 1.33. The van der Waals surface area contributed by atoms with Gasteiger partial charge in [0.05, 0.1) is 12.0 Å². The van der Waals surface area contributed by atoms with Crippen LogP contribution >= 0.6 is 11.8 Å². The smallest absolute Gasteiger partial charge is 0.330 e. The molecule has 1 aliphatic heterocycles. The molecule has 0 aliphatic carbocycles. The van der Waals surface area contributed by atoms with E-state index in [2.05, 4.69) is 5.32 Å². The Balaban J connectivity index is 1.60. The lowest BCUT2D eigenvalue weighted by molar-refractivity contribution is -0.155. The van der Waals surface area contributed by atoms with Crippen LogP contribution in [0.25, 0.3) is 0 Å². The van der Waals surface area contributed by atoms with E-state index >= 15 is 0 Å². The Bertz CT molecular complexity index is 890. The Morgan fingerprint density at radius 1 is 1.32 bits per heavy atom. The molecule has 148 valence electrons. The number of carbonyl (C=O) groups excluding carboxylic acids is 3. The van der Waals surface area contributed by atoms with Gasteiger partial charge in [-0.15, -0.1) is 11.8 Å². The number of hydrogen-bond donors (Lipinski definition) is 1. The highest BCUT2D eigenvalue weighted by Gasteiger charge is 2.43. The molecule has 28 heavy (non-hydrogen) atoms. The molecule has 1 aromatic carbocycles. The van der Waals surface area contributed by atoms with Gasteiger partial charge in [-0.25, -0.2) is 13.6 Å². The van der Waals surface area contributed by atoms with Crippen LogP contribution in [-0.2, 0) is 19.1 Å². The number of amides is 2. The Morgan fingerprint density at radius 2 is 2.11 bits per heavy atom. The van der Waals surface area contributed by atoms with Crippen molar-refractivity contribution in [1.29, 1.82) is 0 Å². The molecular weight excluding hydrogens is 394 g/mol. The highest BCUT2D eigenvalue weighted by molar-refractivity contribution is 7.99. The van der Waals surface area contributed by atoms with Gasteiger partial charge in [0.25, 0.3) is 5.91 Å². The van der Waals surface area contributed by atoms with E-state index in [1.807, 2.05) is 0 Å². The topological polar surface area (TPSA) is 88.8 Å². The van der Waals surface area contributed by atoms with Gasteiger partial charge in [-0.2, -0.15) is 0 Å². The van der Waals surface area contributed by atoms with Gasteiger partial charge in [0, 0.05) is 18.7 Å². The maximum atomic E-state index is 13.5. The highest BCUT2D eigenvalue weighted by Crippen LogP contribution is 2.41. The number of rotatable bonds is 5. The average molecular weight is 410 g/mol. The molecule has 0 spiro atoms. The van der Waals surface area contributed by atoms with Crippen molar-refractivity contribution in [2.45, 2.75) is 18.3 Å². The fraction of sp³-hybridized carbons (Fsp3) is 0.278. The van der Waals surface area contributed by atoms with Gasteiger partial charge in [-0.05, 0) is 24.3 Å². The fourth-order valence-electron chi connectivity index (χ4n) is 2.74. The Labute approximate surface area is 163 Å². The summed E-state index contributed by atoms with van der Waals surface area (Å²) in [5.41, 5.74) is -0.360. The summed E-state index contributed by atoms with van der Waals surface area (Å²) in [6.45, 7) is 0.620. The highest BCUT2D eigenvalue weighted by atomic mass is 32.2. The second kappa shape index (κ2) is 8.42. The largest absolute Gasteiger partial charge is 0.466 e. The van der Waals surface area contributed by atoms with Crippen LogP contribution in [-0.4, -0.2) is 41.1 Å². The normalized spacial score (nSPS) is 18.8. The molecule has 1 N–H and O–H groups in total. The van der Waals surface area contributed by atoms with Crippen molar-refractivity contribution in [1.82, 2.24) is 4.90 Å². The maximum absolute atomic E-state index is 13.5. The first-order chi connectivity index (χ1) is 13.4. The number of carbonyl (C=O) groups is 3. The van der Waals surface area contributed by atoms with Crippen molar-refractivity contribution in [3.8, 4) is 0 Å². The summed E-state index contributed by atoms with van der Waals surface area (Å²) in [6, 6.07) is 5.07. The molecule has 2 amide bonds. The van der Waals surface area contributed by atoms with Crippen LogP contribution in [0.2, 0.25) is 0 Å². The van der Waals surface area contributed by atoms with Crippen molar-refractivity contribution in [3.05, 3.63) is 54.0 Å². The number of hydrogen-bond acceptors (Lipinski definition) is 6. The predicted octanol–water partition coefficient (Wildman–Crippen LogP) is 2.70. The number of ether oxygens (including phenoxy) is 1. The fourth-order valence-corrected chi connectivity index (χ4v) is 4.15. The second-order valence-electron chi connectivity index (χ2n) is 5.92. The van der Waals surface area contributed by atoms with Gasteiger partial charge >= 0.3 is 5.97 Å². The van der Waals surface area contributed by atoms with Gasteiger partial charge in [-0.1, -0.05) is 0 Å². The van der Waals surface area contributed by atoms with Crippen LogP contribution in [0.3, 0.4) is 0 Å². The Kier molecular flexibility index (Phi) is 5.98. The van der Waals surface area contributed by atoms with E-state index in [0.29, 0.717) is 5.76 Å². The molecule has 1 aliphatic rings. The summed E-state index contributed by atoms with van der Waals surface area (Å²) in [6.07, 6.45) is 1.47. The number of halogens is 2. The van der Waals surface area contributed by atoms with Crippen LogP contribution in [0.1, 0.15) is 18.1 Å².